The number of nitrogens with one attached hydrogen (secondary N) is 1. The van der Waals surface area contributed by atoms with E-state index in [2.05, 4.69) is 29.4 Å². The van der Waals surface area contributed by atoms with Gasteiger partial charge in [0.25, 0.3) is 0 Å². The Morgan fingerprint density at radius 2 is 2.33 bits per heavy atom. The molecule has 0 aromatic carbocycles. The van der Waals surface area contributed by atoms with E-state index in [1.807, 2.05) is 34.0 Å². The molecule has 2 rings (SSSR count). The van der Waals surface area contributed by atoms with Gasteiger partial charge in [-0.05, 0) is 32.3 Å². The van der Waals surface area contributed by atoms with Crippen molar-refractivity contribution in [3.05, 3.63) is 34.5 Å². The quantitative estimate of drug-likeness (QED) is 0.845. The van der Waals surface area contributed by atoms with Crippen LogP contribution in [0.4, 0.5) is 0 Å². The molecule has 0 aliphatic rings. The topological polar surface area (TPSA) is 63.1 Å². The smallest absolute Gasteiger partial charge is 0.234 e. The summed E-state index contributed by atoms with van der Waals surface area (Å²) in [6, 6.07) is 4.31. The summed E-state index contributed by atoms with van der Waals surface area (Å²) >= 11 is 1.64. The number of hydrogen-bond donors (Lipinski definition) is 1. The molecule has 1 amide bonds. The van der Waals surface area contributed by atoms with Crippen LogP contribution < -0.4 is 5.32 Å². The highest BCUT2D eigenvalue weighted by Gasteiger charge is 2.12. The van der Waals surface area contributed by atoms with Crippen molar-refractivity contribution in [3.63, 3.8) is 0 Å². The molecule has 0 saturated heterocycles. The highest BCUT2D eigenvalue weighted by Crippen LogP contribution is 2.09. The molecular weight excluding hydrogens is 286 g/mol. The fourth-order valence-corrected chi connectivity index (χ4v) is 2.65. The third-order valence-electron chi connectivity index (χ3n) is 3.07. The van der Waals surface area contributed by atoms with E-state index >= 15 is 0 Å². The van der Waals surface area contributed by atoms with Gasteiger partial charge in [-0.25, -0.2) is 0 Å². The van der Waals surface area contributed by atoms with Crippen LogP contribution in [0.25, 0.3) is 0 Å². The Balaban J connectivity index is 1.79. The lowest BCUT2D eigenvalue weighted by atomic mass is 10.3. The van der Waals surface area contributed by atoms with Crippen LogP contribution in [-0.4, -0.2) is 39.2 Å². The van der Waals surface area contributed by atoms with Crippen LogP contribution >= 0.6 is 11.3 Å². The van der Waals surface area contributed by atoms with E-state index in [9.17, 15) is 4.79 Å². The molecule has 2 aromatic heterocycles. The van der Waals surface area contributed by atoms with E-state index in [1.54, 1.807) is 17.7 Å². The lowest BCUT2D eigenvalue weighted by Gasteiger charge is -2.17. The Bertz CT molecular complexity index is 564. The zero-order chi connectivity index (χ0) is 15.2. The molecule has 2 heterocycles. The van der Waals surface area contributed by atoms with Gasteiger partial charge in [-0.1, -0.05) is 6.07 Å². The molecule has 0 bridgehead atoms. The fraction of sp³-hybridized carbons (Fsp3) is 0.500. The van der Waals surface area contributed by atoms with Crippen molar-refractivity contribution < 1.29 is 4.79 Å². The molecule has 0 spiro atoms. The molecule has 0 aliphatic heterocycles. The summed E-state index contributed by atoms with van der Waals surface area (Å²) < 4.78 is 2.01. The monoisotopic (exact) mass is 307 g/mol. The lowest BCUT2D eigenvalue weighted by molar-refractivity contribution is -0.122. The number of rotatable bonds is 7. The second-order valence-electron chi connectivity index (χ2n) is 5.28. The van der Waals surface area contributed by atoms with E-state index in [1.165, 1.54) is 0 Å². The van der Waals surface area contributed by atoms with Crippen LogP contribution in [0.2, 0.25) is 0 Å². The number of hydrogen-bond acceptors (Lipinski definition) is 5. The Morgan fingerprint density at radius 3 is 3.00 bits per heavy atom. The maximum atomic E-state index is 11.9. The van der Waals surface area contributed by atoms with Crippen LogP contribution in [0.3, 0.4) is 0 Å². The predicted molar refractivity (Wildman–Crippen MR) is 82.9 cm³/mol. The van der Waals surface area contributed by atoms with Crippen molar-refractivity contribution in [2.75, 3.05) is 13.6 Å². The number of amides is 1. The number of likely N-dealkylation sites (N-methyl/N-ethyl adjacent to an activating group) is 1. The average Bonchev–Trinajstić information content (AvgIpc) is 3.06. The summed E-state index contributed by atoms with van der Waals surface area (Å²) in [5, 5.41) is 13.0. The standard InChI is InChI=1S/C14H21N5OS/c1-11(2)19-10-16-17-13(19)8-18(3)9-14(20)15-7-12-5-4-6-21-12/h4-6,10-11H,7-9H2,1-3H3,(H,15,20). The minimum absolute atomic E-state index is 0.0153. The summed E-state index contributed by atoms with van der Waals surface area (Å²) in [5.74, 6) is 0.889. The molecule has 7 heteroatoms. The summed E-state index contributed by atoms with van der Waals surface area (Å²) in [4.78, 5) is 15.0. The zero-order valence-corrected chi connectivity index (χ0v) is 13.4. The van der Waals surface area contributed by atoms with Gasteiger partial charge >= 0.3 is 0 Å². The summed E-state index contributed by atoms with van der Waals surface area (Å²) in [7, 11) is 1.91. The van der Waals surface area contributed by atoms with E-state index in [0.717, 1.165) is 10.7 Å². The van der Waals surface area contributed by atoms with Crippen LogP contribution in [0.1, 0.15) is 30.6 Å². The SMILES string of the molecule is CC(C)n1cnnc1CN(C)CC(=O)NCc1cccs1. The number of nitrogens with zero attached hydrogens (tertiary/aromatic N) is 4. The van der Waals surface area contributed by atoms with Crippen molar-refractivity contribution in [3.8, 4) is 0 Å². The third-order valence-corrected chi connectivity index (χ3v) is 3.94. The Labute approximate surface area is 128 Å². The molecule has 0 fully saturated rings. The van der Waals surface area contributed by atoms with Gasteiger partial charge in [0.15, 0.2) is 0 Å². The van der Waals surface area contributed by atoms with Gasteiger partial charge in [-0.3, -0.25) is 9.69 Å². The van der Waals surface area contributed by atoms with Gasteiger partial charge in [0, 0.05) is 10.9 Å². The Hall–Kier alpha value is -1.73. The van der Waals surface area contributed by atoms with Gasteiger partial charge in [0.1, 0.15) is 12.2 Å². The molecule has 0 radical (unpaired) electrons. The van der Waals surface area contributed by atoms with Gasteiger partial charge in [0.2, 0.25) is 5.91 Å². The van der Waals surface area contributed by atoms with Crippen LogP contribution in [0.5, 0.6) is 0 Å². The van der Waals surface area contributed by atoms with Crippen LogP contribution in [-0.2, 0) is 17.9 Å². The number of aromatic nitrogens is 3. The van der Waals surface area contributed by atoms with Crippen molar-refractivity contribution in [2.45, 2.75) is 33.0 Å². The largest absolute Gasteiger partial charge is 0.350 e. The first-order chi connectivity index (χ1) is 10.1. The highest BCUT2D eigenvalue weighted by atomic mass is 32.1. The third kappa shape index (κ3) is 4.64. The molecule has 0 saturated carbocycles. The van der Waals surface area contributed by atoms with Gasteiger partial charge in [-0.2, -0.15) is 0 Å². The van der Waals surface area contributed by atoms with E-state index in [4.69, 9.17) is 0 Å². The molecule has 21 heavy (non-hydrogen) atoms. The lowest BCUT2D eigenvalue weighted by Crippen LogP contribution is -2.35. The second-order valence-corrected chi connectivity index (χ2v) is 6.31. The zero-order valence-electron chi connectivity index (χ0n) is 12.6. The van der Waals surface area contributed by atoms with E-state index in [0.29, 0.717) is 25.7 Å². The van der Waals surface area contributed by atoms with Gasteiger partial charge in [0.05, 0.1) is 19.6 Å². The van der Waals surface area contributed by atoms with Crippen molar-refractivity contribution in [2.24, 2.45) is 0 Å². The Kier molecular flexibility index (Phi) is 5.46. The summed E-state index contributed by atoms with van der Waals surface area (Å²) in [6.45, 7) is 5.70. The van der Waals surface area contributed by atoms with Crippen molar-refractivity contribution in [1.82, 2.24) is 25.0 Å². The minimum atomic E-state index is 0.0153. The molecular formula is C14H21N5OS. The predicted octanol–water partition coefficient (Wildman–Crippen LogP) is 1.67. The second kappa shape index (κ2) is 7.33. The van der Waals surface area contributed by atoms with Gasteiger partial charge in [-0.15, -0.1) is 21.5 Å². The first-order valence-electron chi connectivity index (χ1n) is 6.92. The normalized spacial score (nSPS) is 11.3. The molecule has 0 aliphatic carbocycles. The van der Waals surface area contributed by atoms with E-state index in [-0.39, 0.29) is 5.91 Å². The Morgan fingerprint density at radius 1 is 1.52 bits per heavy atom. The molecule has 2 aromatic rings. The number of carbonyl (C=O) groups excluding carboxylic acids is 1. The first-order valence-corrected chi connectivity index (χ1v) is 7.80. The van der Waals surface area contributed by atoms with Crippen LogP contribution in [0.15, 0.2) is 23.8 Å². The number of thiophene rings is 1. The minimum Gasteiger partial charge on any atom is -0.350 e. The van der Waals surface area contributed by atoms with Gasteiger partial charge < -0.3 is 9.88 Å². The van der Waals surface area contributed by atoms with Crippen LogP contribution in [0, 0.1) is 0 Å². The fourth-order valence-electron chi connectivity index (χ4n) is 2.01. The van der Waals surface area contributed by atoms with Crippen molar-refractivity contribution >= 4 is 17.2 Å². The highest BCUT2D eigenvalue weighted by molar-refractivity contribution is 7.09. The number of carbonyl (C=O) groups is 1. The first kappa shape index (κ1) is 15.7. The average molecular weight is 307 g/mol. The molecule has 114 valence electrons. The maximum Gasteiger partial charge on any atom is 0.234 e. The summed E-state index contributed by atoms with van der Waals surface area (Å²) in [5.41, 5.74) is 0. The molecule has 0 unspecified atom stereocenters. The van der Waals surface area contributed by atoms with Crippen molar-refractivity contribution in [1.29, 1.82) is 0 Å². The molecule has 0 atom stereocenters. The molecule has 6 nitrogen and oxygen atoms in total. The van der Waals surface area contributed by atoms with E-state index < -0.39 is 0 Å². The molecule has 1 N–H and O–H groups in total. The summed E-state index contributed by atoms with van der Waals surface area (Å²) in [6.07, 6.45) is 1.73. The maximum absolute atomic E-state index is 11.9.